The molecule has 9 saturated carbocycles. The minimum Gasteiger partial charge on any atom is -0.374 e. The second-order valence-corrected chi connectivity index (χ2v) is 22.3. The van der Waals surface area contributed by atoms with E-state index < -0.39 is 0 Å². The molecule has 19 unspecified atom stereocenters. The lowest BCUT2D eigenvalue weighted by atomic mass is 9.62. The standard InChI is InChI=1S/C49H77NO3/c1-2-11-32-30(10-1)28-40-34(32)15-8-18-41(40)50(42-19-9-17-36-35-12-3-5-20-43(35)52-48(36)42)31-24-22-29(23-25-31)33-14-7-16-37-38-26-27-45-46(49(38)53-47(33)37)39-13-4-6-21-44(39)51-45/h29-49H,1-28H2. The number of hydrogen-bond acceptors (Lipinski definition) is 4. The predicted molar refractivity (Wildman–Crippen MR) is 210 cm³/mol. The summed E-state index contributed by atoms with van der Waals surface area (Å²) in [6.45, 7) is 0. The molecule has 0 aromatic heterocycles. The van der Waals surface area contributed by atoms with Crippen LogP contribution in [0, 0.1) is 71.0 Å². The summed E-state index contributed by atoms with van der Waals surface area (Å²) in [6, 6.07) is 2.36. The van der Waals surface area contributed by atoms with Crippen molar-refractivity contribution in [2.24, 2.45) is 71.0 Å². The van der Waals surface area contributed by atoms with Crippen LogP contribution in [0.4, 0.5) is 0 Å². The van der Waals surface area contributed by atoms with E-state index in [-0.39, 0.29) is 0 Å². The Morgan fingerprint density at radius 3 is 1.77 bits per heavy atom. The Labute approximate surface area is 323 Å². The molecule has 9 aliphatic carbocycles. The molecule has 0 bridgehead atoms. The fraction of sp³-hybridized carbons (Fsp3) is 1.00. The van der Waals surface area contributed by atoms with Gasteiger partial charge in [-0.2, -0.15) is 0 Å². The third-order valence-corrected chi connectivity index (χ3v) is 20.6. The average molecular weight is 728 g/mol. The van der Waals surface area contributed by atoms with E-state index in [0.29, 0.717) is 48.6 Å². The summed E-state index contributed by atoms with van der Waals surface area (Å²) >= 11 is 0. The van der Waals surface area contributed by atoms with Crippen LogP contribution in [0.2, 0.25) is 0 Å². The van der Waals surface area contributed by atoms with E-state index in [1.54, 1.807) is 25.7 Å². The first-order valence-corrected chi connectivity index (χ1v) is 25.0. The highest BCUT2D eigenvalue weighted by Gasteiger charge is 2.61. The third-order valence-electron chi connectivity index (χ3n) is 20.6. The first-order valence-electron chi connectivity index (χ1n) is 25.0. The number of hydrogen-bond donors (Lipinski definition) is 0. The molecule has 3 heterocycles. The maximum absolute atomic E-state index is 7.54. The maximum atomic E-state index is 7.54. The van der Waals surface area contributed by atoms with Gasteiger partial charge in [-0.05, 0) is 181 Å². The second-order valence-electron chi connectivity index (χ2n) is 22.3. The lowest BCUT2D eigenvalue weighted by Gasteiger charge is -2.54. The van der Waals surface area contributed by atoms with Crippen molar-refractivity contribution in [2.75, 3.05) is 0 Å². The summed E-state index contributed by atoms with van der Waals surface area (Å²) in [7, 11) is 0. The van der Waals surface area contributed by atoms with E-state index in [0.717, 1.165) is 77.2 Å². The van der Waals surface area contributed by atoms with Gasteiger partial charge in [-0.25, -0.2) is 0 Å². The summed E-state index contributed by atoms with van der Waals surface area (Å²) in [5.41, 5.74) is 0. The van der Waals surface area contributed by atoms with Gasteiger partial charge >= 0.3 is 0 Å². The van der Waals surface area contributed by atoms with E-state index in [1.807, 2.05) is 0 Å². The molecule has 4 nitrogen and oxygen atoms in total. The van der Waals surface area contributed by atoms with Gasteiger partial charge in [0.25, 0.3) is 0 Å². The van der Waals surface area contributed by atoms with Crippen molar-refractivity contribution in [1.29, 1.82) is 0 Å². The summed E-state index contributed by atoms with van der Waals surface area (Å²) < 4.78 is 21.7. The monoisotopic (exact) mass is 728 g/mol. The zero-order chi connectivity index (χ0) is 34.6. The molecular formula is C49H77NO3. The molecule has 4 heteroatoms. The van der Waals surface area contributed by atoms with Crippen molar-refractivity contribution in [1.82, 2.24) is 4.90 Å². The molecule has 0 aromatic carbocycles. The van der Waals surface area contributed by atoms with Crippen molar-refractivity contribution in [2.45, 2.75) is 235 Å². The zero-order valence-corrected chi connectivity index (χ0v) is 33.6. The molecule has 0 radical (unpaired) electrons. The van der Waals surface area contributed by atoms with Crippen LogP contribution in [-0.2, 0) is 14.2 Å². The van der Waals surface area contributed by atoms with E-state index in [2.05, 4.69) is 4.90 Å². The lowest BCUT2D eigenvalue weighted by Crippen LogP contribution is -2.60. The van der Waals surface area contributed by atoms with Crippen LogP contribution in [-0.4, -0.2) is 59.6 Å². The van der Waals surface area contributed by atoms with E-state index in [1.165, 1.54) is 154 Å². The zero-order valence-electron chi connectivity index (χ0n) is 33.6. The number of rotatable bonds is 4. The van der Waals surface area contributed by atoms with Gasteiger partial charge in [0.05, 0.1) is 36.6 Å². The normalized spacial score (nSPS) is 57.3. The van der Waals surface area contributed by atoms with Crippen LogP contribution in [0.3, 0.4) is 0 Å². The topological polar surface area (TPSA) is 30.9 Å². The Kier molecular flexibility index (Phi) is 9.39. The molecule has 12 aliphatic rings. The molecule has 19 atom stereocenters. The van der Waals surface area contributed by atoms with Crippen molar-refractivity contribution in [3.63, 3.8) is 0 Å². The molecule has 0 amide bonds. The number of fused-ring (bicyclic) bond motifs is 13. The fourth-order valence-electron chi connectivity index (χ4n) is 18.8. The van der Waals surface area contributed by atoms with Crippen molar-refractivity contribution in [3.8, 4) is 0 Å². The first-order chi connectivity index (χ1) is 26.3. The minimum absolute atomic E-state index is 0.514. The summed E-state index contributed by atoms with van der Waals surface area (Å²) in [4.78, 5) is 3.38. The van der Waals surface area contributed by atoms with Gasteiger partial charge in [0.1, 0.15) is 0 Å². The highest BCUT2D eigenvalue weighted by Crippen LogP contribution is 2.60. The molecule has 296 valence electrons. The summed E-state index contributed by atoms with van der Waals surface area (Å²) in [5, 5.41) is 0. The molecule has 0 N–H and O–H groups in total. The van der Waals surface area contributed by atoms with Gasteiger partial charge in [0.2, 0.25) is 0 Å². The molecule has 3 saturated heterocycles. The van der Waals surface area contributed by atoms with Crippen LogP contribution in [0.5, 0.6) is 0 Å². The number of nitrogens with zero attached hydrogens (tertiary/aromatic N) is 1. The van der Waals surface area contributed by atoms with Crippen LogP contribution in [0.1, 0.15) is 180 Å². The Morgan fingerprint density at radius 1 is 0.302 bits per heavy atom. The highest BCUT2D eigenvalue weighted by atomic mass is 16.5. The van der Waals surface area contributed by atoms with Crippen molar-refractivity contribution >= 4 is 0 Å². The minimum atomic E-state index is 0.514. The van der Waals surface area contributed by atoms with Crippen LogP contribution < -0.4 is 0 Å². The van der Waals surface area contributed by atoms with E-state index in [9.17, 15) is 0 Å². The van der Waals surface area contributed by atoms with Gasteiger partial charge in [-0.3, -0.25) is 4.90 Å². The maximum Gasteiger partial charge on any atom is 0.0766 e. The van der Waals surface area contributed by atoms with Crippen molar-refractivity contribution in [3.05, 3.63) is 0 Å². The van der Waals surface area contributed by atoms with Gasteiger partial charge in [0.15, 0.2) is 0 Å². The molecule has 12 fully saturated rings. The quantitative estimate of drug-likeness (QED) is 0.288. The number of ether oxygens (including phenoxy) is 3. The van der Waals surface area contributed by atoms with Gasteiger partial charge in [-0.1, -0.05) is 64.2 Å². The van der Waals surface area contributed by atoms with Crippen molar-refractivity contribution < 1.29 is 14.2 Å². The molecular weight excluding hydrogens is 651 g/mol. The summed E-state index contributed by atoms with van der Waals surface area (Å²) in [6.07, 6.45) is 44.2. The van der Waals surface area contributed by atoms with Crippen LogP contribution >= 0.6 is 0 Å². The lowest BCUT2D eigenvalue weighted by molar-refractivity contribution is -0.103. The Hall–Kier alpha value is -0.160. The van der Waals surface area contributed by atoms with Gasteiger partial charge in [-0.15, -0.1) is 0 Å². The first kappa shape index (κ1) is 34.8. The predicted octanol–water partition coefficient (Wildman–Crippen LogP) is 11.1. The van der Waals surface area contributed by atoms with Crippen LogP contribution in [0.25, 0.3) is 0 Å². The Bertz CT molecular complexity index is 1250. The summed E-state index contributed by atoms with van der Waals surface area (Å²) in [5.74, 6) is 10.8. The largest absolute Gasteiger partial charge is 0.374 e. The third kappa shape index (κ3) is 5.74. The molecule has 12 rings (SSSR count). The molecule has 0 aromatic rings. The Morgan fingerprint density at radius 2 is 0.925 bits per heavy atom. The average Bonchev–Trinajstić information content (AvgIpc) is 3.98. The SMILES string of the molecule is C1CCC2C(C1)CC1C2CCCC1N(C1CCC(C2CCCC3C4CCC5OC6CCCCC6C5C4OC23)CC1)C1CCCC2C3CCCCC3OC21. The molecule has 3 aliphatic heterocycles. The van der Waals surface area contributed by atoms with Crippen LogP contribution in [0.15, 0.2) is 0 Å². The molecule has 53 heavy (non-hydrogen) atoms. The Balaban J connectivity index is 0.792. The second kappa shape index (κ2) is 14.3. The van der Waals surface area contributed by atoms with E-state index >= 15 is 0 Å². The molecule has 0 spiro atoms. The highest BCUT2D eigenvalue weighted by molar-refractivity contribution is 5.10. The van der Waals surface area contributed by atoms with E-state index in [4.69, 9.17) is 14.2 Å². The van der Waals surface area contributed by atoms with Gasteiger partial charge < -0.3 is 14.2 Å². The van der Waals surface area contributed by atoms with Gasteiger partial charge in [0, 0.05) is 24.0 Å². The fourth-order valence-corrected chi connectivity index (χ4v) is 18.8. The smallest absolute Gasteiger partial charge is 0.0766 e.